The van der Waals surface area contributed by atoms with Gasteiger partial charge in [-0.2, -0.15) is 0 Å². The van der Waals surface area contributed by atoms with E-state index in [2.05, 4.69) is 12.1 Å². The monoisotopic (exact) mass is 202 g/mol. The lowest BCUT2D eigenvalue weighted by atomic mass is 10.0. The maximum absolute atomic E-state index is 11.5. The van der Waals surface area contributed by atoms with Gasteiger partial charge in [-0.1, -0.05) is 43.2 Å². The summed E-state index contributed by atoms with van der Waals surface area (Å²) in [5.41, 5.74) is 1.28. The molecule has 0 aromatic heterocycles. The molecule has 0 spiro atoms. The minimum absolute atomic E-state index is 0.436. The molecule has 0 saturated heterocycles. The molecule has 1 nitrogen and oxygen atoms in total. The molecule has 1 aromatic carbocycles. The van der Waals surface area contributed by atoms with Crippen LogP contribution in [0.15, 0.2) is 30.3 Å². The highest BCUT2D eigenvalue weighted by Crippen LogP contribution is 2.33. The maximum Gasteiger partial charge on any atom is 0.133 e. The van der Waals surface area contributed by atoms with Crippen molar-refractivity contribution in [1.29, 1.82) is 0 Å². The standard InChI is InChI=1S/C14H18O/c15-14(11-9-13-6-7-13)10-8-12-4-2-1-3-5-12/h1-5,13H,6-11H2. The van der Waals surface area contributed by atoms with Crippen molar-refractivity contribution < 1.29 is 4.79 Å². The fourth-order valence-corrected chi connectivity index (χ4v) is 1.83. The number of ketones is 1. The van der Waals surface area contributed by atoms with E-state index < -0.39 is 0 Å². The first-order valence-corrected chi connectivity index (χ1v) is 5.90. The molecule has 0 aliphatic heterocycles. The third kappa shape index (κ3) is 3.86. The second-order valence-electron chi connectivity index (χ2n) is 4.51. The molecule has 0 atom stereocenters. The van der Waals surface area contributed by atoms with Gasteiger partial charge in [-0.15, -0.1) is 0 Å². The van der Waals surface area contributed by atoms with Crippen LogP contribution in [-0.4, -0.2) is 5.78 Å². The molecule has 0 unspecified atom stereocenters. The summed E-state index contributed by atoms with van der Waals surface area (Å²) in [5, 5.41) is 0. The van der Waals surface area contributed by atoms with E-state index in [9.17, 15) is 4.79 Å². The summed E-state index contributed by atoms with van der Waals surface area (Å²) in [7, 11) is 0. The van der Waals surface area contributed by atoms with Gasteiger partial charge in [-0.3, -0.25) is 4.79 Å². The van der Waals surface area contributed by atoms with Gasteiger partial charge in [0.25, 0.3) is 0 Å². The van der Waals surface area contributed by atoms with E-state index >= 15 is 0 Å². The van der Waals surface area contributed by atoms with Crippen molar-refractivity contribution in [2.75, 3.05) is 0 Å². The number of carbonyl (C=O) groups is 1. The summed E-state index contributed by atoms with van der Waals surface area (Å²) in [6, 6.07) is 10.3. The molecule has 0 heterocycles. The minimum atomic E-state index is 0.436. The highest BCUT2D eigenvalue weighted by molar-refractivity contribution is 5.78. The fraction of sp³-hybridized carbons (Fsp3) is 0.500. The second-order valence-corrected chi connectivity index (χ2v) is 4.51. The summed E-state index contributed by atoms with van der Waals surface area (Å²) in [5.74, 6) is 1.32. The Bertz CT molecular complexity index is 311. The first-order valence-electron chi connectivity index (χ1n) is 5.90. The van der Waals surface area contributed by atoms with Crippen molar-refractivity contribution >= 4 is 5.78 Å². The summed E-state index contributed by atoms with van der Waals surface area (Å²) >= 11 is 0. The van der Waals surface area contributed by atoms with Gasteiger partial charge in [0.15, 0.2) is 0 Å². The van der Waals surface area contributed by atoms with Crippen LogP contribution in [0.2, 0.25) is 0 Å². The first-order chi connectivity index (χ1) is 7.34. The number of carbonyl (C=O) groups excluding carboxylic acids is 1. The SMILES string of the molecule is O=C(CCc1ccccc1)CCC1CC1. The molecule has 0 N–H and O–H groups in total. The molecular formula is C14H18O. The molecule has 1 heteroatoms. The van der Waals surface area contributed by atoms with E-state index in [0.717, 1.165) is 31.6 Å². The van der Waals surface area contributed by atoms with Crippen LogP contribution in [0, 0.1) is 5.92 Å². The van der Waals surface area contributed by atoms with Gasteiger partial charge in [-0.05, 0) is 24.3 Å². The zero-order valence-electron chi connectivity index (χ0n) is 9.11. The molecule has 2 rings (SSSR count). The Kier molecular flexibility index (Phi) is 3.54. The van der Waals surface area contributed by atoms with Crippen molar-refractivity contribution in [3.8, 4) is 0 Å². The summed E-state index contributed by atoms with van der Waals surface area (Å²) in [6.07, 6.45) is 6.27. The highest BCUT2D eigenvalue weighted by Gasteiger charge is 2.21. The maximum atomic E-state index is 11.5. The van der Waals surface area contributed by atoms with E-state index in [-0.39, 0.29) is 0 Å². The lowest BCUT2D eigenvalue weighted by Crippen LogP contribution is -2.00. The minimum Gasteiger partial charge on any atom is -0.300 e. The summed E-state index contributed by atoms with van der Waals surface area (Å²) in [4.78, 5) is 11.5. The van der Waals surface area contributed by atoms with Crippen LogP contribution in [0.1, 0.15) is 37.7 Å². The number of aryl methyl sites for hydroxylation is 1. The lowest BCUT2D eigenvalue weighted by molar-refractivity contribution is -0.119. The lowest BCUT2D eigenvalue weighted by Gasteiger charge is -2.00. The van der Waals surface area contributed by atoms with Crippen molar-refractivity contribution in [1.82, 2.24) is 0 Å². The quantitative estimate of drug-likeness (QED) is 0.691. The highest BCUT2D eigenvalue weighted by atomic mass is 16.1. The number of Topliss-reactive ketones (excluding diaryl/α,β-unsaturated/α-hetero) is 1. The molecule has 0 bridgehead atoms. The molecule has 1 aliphatic rings. The molecule has 1 aliphatic carbocycles. The van der Waals surface area contributed by atoms with Gasteiger partial charge in [0.1, 0.15) is 5.78 Å². The molecule has 80 valence electrons. The number of rotatable bonds is 6. The van der Waals surface area contributed by atoms with Crippen molar-refractivity contribution in [3.05, 3.63) is 35.9 Å². The average Bonchev–Trinajstić information content (AvgIpc) is 3.09. The van der Waals surface area contributed by atoms with E-state index in [1.54, 1.807) is 0 Å². The van der Waals surface area contributed by atoms with Crippen molar-refractivity contribution in [3.63, 3.8) is 0 Å². The summed E-state index contributed by atoms with van der Waals surface area (Å²) < 4.78 is 0. The van der Waals surface area contributed by atoms with E-state index in [1.165, 1.54) is 18.4 Å². The molecule has 1 fully saturated rings. The topological polar surface area (TPSA) is 17.1 Å². The third-order valence-electron chi connectivity index (χ3n) is 3.06. The molecule has 1 aromatic rings. The smallest absolute Gasteiger partial charge is 0.133 e. The van der Waals surface area contributed by atoms with E-state index in [4.69, 9.17) is 0 Å². The number of hydrogen-bond donors (Lipinski definition) is 0. The molecule has 0 radical (unpaired) electrons. The Morgan fingerprint density at radius 3 is 2.53 bits per heavy atom. The van der Waals surface area contributed by atoms with E-state index in [0.29, 0.717) is 5.78 Å². The Morgan fingerprint density at radius 2 is 1.87 bits per heavy atom. The largest absolute Gasteiger partial charge is 0.300 e. The fourth-order valence-electron chi connectivity index (χ4n) is 1.83. The predicted octanol–water partition coefficient (Wildman–Crippen LogP) is 3.38. The van der Waals surface area contributed by atoms with E-state index in [1.807, 2.05) is 18.2 Å². The Morgan fingerprint density at radius 1 is 1.13 bits per heavy atom. The van der Waals surface area contributed by atoms with Crippen LogP contribution >= 0.6 is 0 Å². The summed E-state index contributed by atoms with van der Waals surface area (Å²) in [6.45, 7) is 0. The van der Waals surface area contributed by atoms with Crippen LogP contribution in [0.4, 0.5) is 0 Å². The second kappa shape index (κ2) is 5.11. The molecule has 15 heavy (non-hydrogen) atoms. The van der Waals surface area contributed by atoms with Crippen LogP contribution in [0.25, 0.3) is 0 Å². The van der Waals surface area contributed by atoms with Gasteiger partial charge in [0.05, 0.1) is 0 Å². The molecular weight excluding hydrogens is 184 g/mol. The van der Waals surface area contributed by atoms with Gasteiger partial charge < -0.3 is 0 Å². The Hall–Kier alpha value is -1.11. The Balaban J connectivity index is 1.66. The van der Waals surface area contributed by atoms with Crippen molar-refractivity contribution in [2.24, 2.45) is 5.92 Å². The van der Waals surface area contributed by atoms with Crippen LogP contribution in [-0.2, 0) is 11.2 Å². The van der Waals surface area contributed by atoms with Gasteiger partial charge in [0, 0.05) is 12.8 Å². The van der Waals surface area contributed by atoms with Crippen LogP contribution < -0.4 is 0 Å². The van der Waals surface area contributed by atoms with Crippen LogP contribution in [0.5, 0.6) is 0 Å². The zero-order chi connectivity index (χ0) is 10.5. The average molecular weight is 202 g/mol. The molecule has 0 amide bonds. The van der Waals surface area contributed by atoms with Crippen LogP contribution in [0.3, 0.4) is 0 Å². The molecule has 1 saturated carbocycles. The van der Waals surface area contributed by atoms with Crippen molar-refractivity contribution in [2.45, 2.75) is 38.5 Å². The number of benzene rings is 1. The van der Waals surface area contributed by atoms with Gasteiger partial charge in [0.2, 0.25) is 0 Å². The van der Waals surface area contributed by atoms with Gasteiger partial charge in [-0.25, -0.2) is 0 Å². The predicted molar refractivity (Wildman–Crippen MR) is 61.7 cm³/mol. The van der Waals surface area contributed by atoms with Gasteiger partial charge >= 0.3 is 0 Å². The normalized spacial score (nSPS) is 15.2. The Labute approximate surface area is 91.5 Å². The first kappa shape index (κ1) is 10.4. The zero-order valence-corrected chi connectivity index (χ0v) is 9.11. The number of hydrogen-bond acceptors (Lipinski definition) is 1. The third-order valence-corrected chi connectivity index (χ3v) is 3.06.